The molecule has 8 nitrogen and oxygen atoms in total. The lowest BCUT2D eigenvalue weighted by molar-refractivity contribution is -0.139. The maximum atomic E-state index is 13.5. The van der Waals surface area contributed by atoms with E-state index in [1.54, 1.807) is 23.2 Å². The Morgan fingerprint density at radius 3 is 2.28 bits per heavy atom. The zero-order valence-corrected chi connectivity index (χ0v) is 19.0. The van der Waals surface area contributed by atoms with Gasteiger partial charge in [0.05, 0.1) is 30.0 Å². The van der Waals surface area contributed by atoms with Gasteiger partial charge in [-0.15, -0.1) is 0 Å². The van der Waals surface area contributed by atoms with Gasteiger partial charge in [-0.25, -0.2) is 19.4 Å². The van der Waals surface area contributed by atoms with Crippen LogP contribution in [0.5, 0.6) is 0 Å². The fourth-order valence-corrected chi connectivity index (χ4v) is 3.08. The molecule has 0 fully saturated rings. The number of benzene rings is 1. The highest BCUT2D eigenvalue weighted by Gasteiger charge is 2.20. The SMILES string of the molecule is CC(C)c1nc(N(C)N(C)C)nc(-c2ccc(F)cc2)c1/C=C/C(O)CC(O)CC(=O)O. The second-order valence-corrected chi connectivity index (χ2v) is 8.12. The number of carbonyl (C=O) groups is 1. The van der Waals surface area contributed by atoms with Crippen LogP contribution in [-0.4, -0.2) is 69.6 Å². The lowest BCUT2D eigenvalue weighted by atomic mass is 9.97. The first-order valence-corrected chi connectivity index (χ1v) is 10.3. The predicted octanol–water partition coefficient (Wildman–Crippen LogP) is 2.92. The zero-order chi connectivity index (χ0) is 24.0. The first-order chi connectivity index (χ1) is 15.0. The molecule has 174 valence electrons. The molecule has 2 rings (SSSR count). The Bertz CT molecular complexity index is 948. The van der Waals surface area contributed by atoms with Gasteiger partial charge in [0.1, 0.15) is 5.82 Å². The predicted molar refractivity (Wildman–Crippen MR) is 122 cm³/mol. The van der Waals surface area contributed by atoms with Crippen molar-refractivity contribution in [3.63, 3.8) is 0 Å². The average Bonchev–Trinajstić information content (AvgIpc) is 2.70. The molecule has 2 unspecified atom stereocenters. The molecular formula is C23H31FN4O4. The van der Waals surface area contributed by atoms with E-state index in [9.17, 15) is 19.4 Å². The summed E-state index contributed by atoms with van der Waals surface area (Å²) in [5.41, 5.74) is 2.65. The monoisotopic (exact) mass is 446 g/mol. The maximum Gasteiger partial charge on any atom is 0.305 e. The summed E-state index contributed by atoms with van der Waals surface area (Å²) in [7, 11) is 5.56. The van der Waals surface area contributed by atoms with Gasteiger partial charge in [0.25, 0.3) is 0 Å². The number of aliphatic carboxylic acids is 1. The number of anilines is 1. The van der Waals surface area contributed by atoms with Crippen LogP contribution in [0.1, 0.15) is 43.9 Å². The minimum Gasteiger partial charge on any atom is -0.481 e. The first kappa shape index (κ1) is 25.4. The molecule has 32 heavy (non-hydrogen) atoms. The second-order valence-electron chi connectivity index (χ2n) is 8.12. The van der Waals surface area contributed by atoms with E-state index >= 15 is 0 Å². The number of hydrazine groups is 1. The van der Waals surface area contributed by atoms with Crippen molar-refractivity contribution in [2.45, 2.75) is 44.8 Å². The fourth-order valence-electron chi connectivity index (χ4n) is 3.08. The number of hydrogen-bond donors (Lipinski definition) is 3. The van der Waals surface area contributed by atoms with Crippen molar-refractivity contribution in [3.05, 3.63) is 47.4 Å². The van der Waals surface area contributed by atoms with E-state index in [4.69, 9.17) is 15.1 Å². The van der Waals surface area contributed by atoms with E-state index in [0.29, 0.717) is 22.8 Å². The highest BCUT2D eigenvalue weighted by molar-refractivity contribution is 5.75. The summed E-state index contributed by atoms with van der Waals surface area (Å²) < 4.78 is 13.5. The van der Waals surface area contributed by atoms with Gasteiger partial charge in [-0.1, -0.05) is 26.0 Å². The topological polar surface area (TPSA) is 110 Å². The van der Waals surface area contributed by atoms with Crippen molar-refractivity contribution in [3.8, 4) is 11.3 Å². The van der Waals surface area contributed by atoms with Gasteiger partial charge in [0.15, 0.2) is 0 Å². The molecule has 0 radical (unpaired) electrons. The van der Waals surface area contributed by atoms with Gasteiger partial charge in [-0.05, 0) is 30.2 Å². The third-order valence-electron chi connectivity index (χ3n) is 4.93. The largest absolute Gasteiger partial charge is 0.481 e. The minimum atomic E-state index is -1.17. The van der Waals surface area contributed by atoms with E-state index in [-0.39, 0.29) is 18.2 Å². The molecule has 0 saturated carbocycles. The molecule has 0 bridgehead atoms. The molecule has 0 saturated heterocycles. The minimum absolute atomic E-state index is 0.0147. The number of aliphatic hydroxyl groups excluding tert-OH is 2. The van der Waals surface area contributed by atoms with Crippen LogP contribution < -0.4 is 5.01 Å². The average molecular weight is 447 g/mol. The number of carboxylic acid groups (broad SMARTS) is 1. The number of aromatic nitrogens is 2. The Labute approximate surface area is 187 Å². The third kappa shape index (κ3) is 6.81. The van der Waals surface area contributed by atoms with Gasteiger partial charge >= 0.3 is 5.97 Å². The van der Waals surface area contributed by atoms with Crippen LogP contribution in [0, 0.1) is 5.82 Å². The number of carboxylic acids is 1. The maximum absolute atomic E-state index is 13.5. The Morgan fingerprint density at radius 2 is 1.75 bits per heavy atom. The zero-order valence-electron chi connectivity index (χ0n) is 19.0. The molecule has 0 amide bonds. The van der Waals surface area contributed by atoms with Crippen molar-refractivity contribution < 1.29 is 24.5 Å². The Kier molecular flexibility index (Phi) is 8.82. The summed E-state index contributed by atoms with van der Waals surface area (Å²) in [4.78, 5) is 20.2. The molecule has 0 aliphatic rings. The second kappa shape index (κ2) is 11.1. The van der Waals surface area contributed by atoms with Crippen LogP contribution in [0.25, 0.3) is 17.3 Å². The third-order valence-corrected chi connectivity index (χ3v) is 4.93. The number of hydrogen-bond acceptors (Lipinski definition) is 7. The van der Waals surface area contributed by atoms with Crippen LogP contribution >= 0.6 is 0 Å². The number of nitrogens with zero attached hydrogens (tertiary/aromatic N) is 4. The van der Waals surface area contributed by atoms with E-state index in [1.807, 2.05) is 40.0 Å². The molecule has 1 heterocycles. The van der Waals surface area contributed by atoms with E-state index in [0.717, 1.165) is 5.69 Å². The summed E-state index contributed by atoms with van der Waals surface area (Å²) in [5.74, 6) is -1.02. The molecule has 9 heteroatoms. The Morgan fingerprint density at radius 1 is 1.12 bits per heavy atom. The molecule has 3 N–H and O–H groups in total. The van der Waals surface area contributed by atoms with Crippen LogP contribution in [0.15, 0.2) is 30.3 Å². The lowest BCUT2D eigenvalue weighted by Crippen LogP contribution is -2.34. The number of aliphatic hydroxyl groups is 2. The molecular weight excluding hydrogens is 415 g/mol. The van der Waals surface area contributed by atoms with E-state index < -0.39 is 24.6 Å². The molecule has 0 aliphatic carbocycles. The molecule has 0 spiro atoms. The van der Waals surface area contributed by atoms with Crippen molar-refractivity contribution in [2.24, 2.45) is 0 Å². The number of rotatable bonds is 10. The fraction of sp³-hybridized carbons (Fsp3) is 0.435. The highest BCUT2D eigenvalue weighted by Crippen LogP contribution is 2.31. The van der Waals surface area contributed by atoms with Crippen LogP contribution in [-0.2, 0) is 4.79 Å². The quantitative estimate of drug-likeness (QED) is 0.478. The van der Waals surface area contributed by atoms with Gasteiger partial charge in [0.2, 0.25) is 5.95 Å². The standard InChI is InChI=1S/C23H31FN4O4/c1-14(2)21-19(11-10-17(29)12-18(30)13-20(31)32)22(15-6-8-16(24)9-7-15)26-23(25-21)28(5)27(3)4/h6-11,14,17-18,29-30H,12-13H2,1-5H3,(H,31,32)/b11-10+. The Balaban J connectivity index is 2.55. The van der Waals surface area contributed by atoms with E-state index in [2.05, 4.69) is 0 Å². The van der Waals surface area contributed by atoms with Crippen LogP contribution in [0.2, 0.25) is 0 Å². The lowest BCUT2D eigenvalue weighted by Gasteiger charge is -2.26. The van der Waals surface area contributed by atoms with Gasteiger partial charge < -0.3 is 15.3 Å². The number of halogens is 1. The van der Waals surface area contributed by atoms with Crippen molar-refractivity contribution in [1.29, 1.82) is 0 Å². The molecule has 2 aromatic rings. The highest BCUT2D eigenvalue weighted by atomic mass is 19.1. The van der Waals surface area contributed by atoms with Crippen LogP contribution in [0.3, 0.4) is 0 Å². The summed E-state index contributed by atoms with van der Waals surface area (Å²) in [6.45, 7) is 3.97. The normalized spacial score (nSPS) is 13.7. The smallest absolute Gasteiger partial charge is 0.305 e. The summed E-state index contributed by atoms with van der Waals surface area (Å²) in [5, 5.41) is 32.5. The van der Waals surface area contributed by atoms with Gasteiger partial charge in [0, 0.05) is 38.7 Å². The summed E-state index contributed by atoms with van der Waals surface area (Å²) >= 11 is 0. The van der Waals surface area contributed by atoms with Gasteiger partial charge in [-0.3, -0.25) is 9.80 Å². The first-order valence-electron chi connectivity index (χ1n) is 10.3. The van der Waals surface area contributed by atoms with Crippen LogP contribution in [0.4, 0.5) is 10.3 Å². The van der Waals surface area contributed by atoms with Crippen molar-refractivity contribution in [1.82, 2.24) is 15.0 Å². The molecule has 2 atom stereocenters. The van der Waals surface area contributed by atoms with Crippen molar-refractivity contribution in [2.75, 3.05) is 26.2 Å². The summed E-state index contributed by atoms with van der Waals surface area (Å²) in [6.07, 6.45) is 0.366. The molecule has 1 aromatic heterocycles. The Hall–Kier alpha value is -2.88. The van der Waals surface area contributed by atoms with Gasteiger partial charge in [-0.2, -0.15) is 0 Å². The van der Waals surface area contributed by atoms with Crippen molar-refractivity contribution >= 4 is 18.0 Å². The summed E-state index contributed by atoms with van der Waals surface area (Å²) in [6, 6.07) is 5.97. The van der Waals surface area contributed by atoms with E-state index in [1.165, 1.54) is 18.2 Å². The molecule has 1 aromatic carbocycles. The molecule has 0 aliphatic heterocycles.